The lowest BCUT2D eigenvalue weighted by Gasteiger charge is -2.43. The van der Waals surface area contributed by atoms with E-state index in [1.165, 1.54) is 45.2 Å². The molecule has 120 valence electrons. The van der Waals surface area contributed by atoms with E-state index in [0.717, 1.165) is 23.8 Å². The molecule has 20 heavy (non-hydrogen) atoms. The van der Waals surface area contributed by atoms with Crippen molar-refractivity contribution in [3.8, 4) is 0 Å². The van der Waals surface area contributed by atoms with Crippen LogP contribution in [0.1, 0.15) is 66.7 Å². The topological polar surface area (TPSA) is 15.3 Å². The monoisotopic (exact) mass is 282 g/mol. The van der Waals surface area contributed by atoms with Gasteiger partial charge in [0.05, 0.1) is 0 Å². The van der Waals surface area contributed by atoms with Crippen molar-refractivity contribution in [2.75, 3.05) is 20.1 Å². The molecule has 2 heteroatoms. The minimum atomic E-state index is 0.710. The van der Waals surface area contributed by atoms with Gasteiger partial charge in [0, 0.05) is 12.1 Å². The zero-order valence-electron chi connectivity index (χ0n) is 14.8. The molecule has 0 amide bonds. The van der Waals surface area contributed by atoms with Crippen molar-refractivity contribution >= 4 is 0 Å². The number of rotatable bonds is 8. The summed E-state index contributed by atoms with van der Waals surface area (Å²) in [4.78, 5) is 2.64. The Morgan fingerprint density at radius 1 is 1.15 bits per heavy atom. The van der Waals surface area contributed by atoms with Crippen LogP contribution in [0.5, 0.6) is 0 Å². The van der Waals surface area contributed by atoms with Gasteiger partial charge in [-0.05, 0) is 70.0 Å². The summed E-state index contributed by atoms with van der Waals surface area (Å²) in [5.41, 5.74) is 0. The van der Waals surface area contributed by atoms with Gasteiger partial charge in [-0.15, -0.1) is 0 Å². The third kappa shape index (κ3) is 5.73. The van der Waals surface area contributed by atoms with Gasteiger partial charge >= 0.3 is 0 Å². The fourth-order valence-electron chi connectivity index (χ4n) is 3.47. The van der Waals surface area contributed by atoms with Gasteiger partial charge in [0.2, 0.25) is 0 Å². The smallest absolute Gasteiger partial charge is 0.0249 e. The van der Waals surface area contributed by atoms with Crippen LogP contribution in [0, 0.1) is 17.8 Å². The van der Waals surface area contributed by atoms with Gasteiger partial charge in [-0.2, -0.15) is 0 Å². The second-order valence-electron chi connectivity index (χ2n) is 7.61. The minimum absolute atomic E-state index is 0.710. The van der Waals surface area contributed by atoms with Gasteiger partial charge in [0.25, 0.3) is 0 Å². The molecule has 1 aliphatic carbocycles. The molecule has 0 radical (unpaired) electrons. The zero-order chi connectivity index (χ0) is 15.1. The minimum Gasteiger partial charge on any atom is -0.312 e. The molecule has 1 saturated carbocycles. The Morgan fingerprint density at radius 3 is 2.40 bits per heavy atom. The molecule has 0 bridgehead atoms. The largest absolute Gasteiger partial charge is 0.312 e. The lowest BCUT2D eigenvalue weighted by atomic mass is 9.76. The Balaban J connectivity index is 2.60. The van der Waals surface area contributed by atoms with E-state index in [0.29, 0.717) is 6.04 Å². The van der Waals surface area contributed by atoms with Crippen molar-refractivity contribution in [3.63, 3.8) is 0 Å². The molecule has 2 nitrogen and oxygen atoms in total. The first-order valence-corrected chi connectivity index (χ1v) is 8.89. The van der Waals surface area contributed by atoms with Crippen LogP contribution in [0.3, 0.4) is 0 Å². The highest BCUT2D eigenvalue weighted by atomic mass is 15.2. The summed E-state index contributed by atoms with van der Waals surface area (Å²) >= 11 is 0. The summed E-state index contributed by atoms with van der Waals surface area (Å²) in [6.45, 7) is 14.1. The van der Waals surface area contributed by atoms with Crippen molar-refractivity contribution in [2.45, 2.75) is 78.8 Å². The maximum Gasteiger partial charge on any atom is 0.0249 e. The van der Waals surface area contributed by atoms with Gasteiger partial charge in [0.1, 0.15) is 0 Å². The molecule has 0 aromatic rings. The van der Waals surface area contributed by atoms with Crippen molar-refractivity contribution in [1.29, 1.82) is 0 Å². The van der Waals surface area contributed by atoms with Crippen molar-refractivity contribution in [2.24, 2.45) is 17.8 Å². The molecule has 1 N–H and O–H groups in total. The Kier molecular flexibility index (Phi) is 8.13. The van der Waals surface area contributed by atoms with Crippen LogP contribution in [-0.4, -0.2) is 37.1 Å². The standard InChI is InChI=1S/C18H38N2/c1-7-11-19-17-9-8-16(15(4)5)13-18(17)20(6)12-10-14(2)3/h14-19H,7-13H2,1-6H3. The lowest BCUT2D eigenvalue weighted by Crippen LogP contribution is -2.53. The molecule has 3 unspecified atom stereocenters. The van der Waals surface area contributed by atoms with Gasteiger partial charge in [-0.1, -0.05) is 34.6 Å². The van der Waals surface area contributed by atoms with Gasteiger partial charge in [-0.3, -0.25) is 0 Å². The third-order valence-electron chi connectivity index (χ3n) is 5.08. The van der Waals surface area contributed by atoms with Gasteiger partial charge in [0.15, 0.2) is 0 Å². The van der Waals surface area contributed by atoms with Crippen LogP contribution >= 0.6 is 0 Å². The molecule has 0 aliphatic heterocycles. The van der Waals surface area contributed by atoms with Gasteiger partial charge < -0.3 is 10.2 Å². The van der Waals surface area contributed by atoms with Crippen LogP contribution in [0.15, 0.2) is 0 Å². The molecule has 3 atom stereocenters. The van der Waals surface area contributed by atoms with Crippen molar-refractivity contribution in [3.05, 3.63) is 0 Å². The lowest BCUT2D eigenvalue weighted by molar-refractivity contribution is 0.0989. The van der Waals surface area contributed by atoms with E-state index in [1.807, 2.05) is 0 Å². The first kappa shape index (κ1) is 18.0. The van der Waals surface area contributed by atoms with E-state index < -0.39 is 0 Å². The summed E-state index contributed by atoms with van der Waals surface area (Å²) < 4.78 is 0. The summed E-state index contributed by atoms with van der Waals surface area (Å²) in [5, 5.41) is 3.81. The number of hydrogen-bond acceptors (Lipinski definition) is 2. The molecule has 1 aliphatic rings. The molecule has 0 heterocycles. The van der Waals surface area contributed by atoms with E-state index >= 15 is 0 Å². The van der Waals surface area contributed by atoms with E-state index in [-0.39, 0.29) is 0 Å². The third-order valence-corrected chi connectivity index (χ3v) is 5.08. The van der Waals surface area contributed by atoms with Crippen LogP contribution in [0.25, 0.3) is 0 Å². The maximum absolute atomic E-state index is 3.81. The molecule has 0 saturated heterocycles. The Bertz CT molecular complexity index is 250. The Hall–Kier alpha value is -0.0800. The van der Waals surface area contributed by atoms with Crippen molar-refractivity contribution < 1.29 is 0 Å². The highest BCUT2D eigenvalue weighted by Gasteiger charge is 2.33. The second-order valence-corrected chi connectivity index (χ2v) is 7.61. The number of nitrogens with zero attached hydrogens (tertiary/aromatic N) is 1. The number of hydrogen-bond donors (Lipinski definition) is 1. The molecule has 0 aromatic carbocycles. The molecule has 0 spiro atoms. The van der Waals surface area contributed by atoms with Gasteiger partial charge in [-0.25, -0.2) is 0 Å². The van der Waals surface area contributed by atoms with Crippen LogP contribution < -0.4 is 5.32 Å². The summed E-state index contributed by atoms with van der Waals surface area (Å²) in [7, 11) is 2.34. The predicted octanol–water partition coefficient (Wildman–Crippen LogP) is 4.16. The molecule has 1 rings (SSSR count). The maximum atomic E-state index is 3.81. The zero-order valence-corrected chi connectivity index (χ0v) is 14.8. The summed E-state index contributed by atoms with van der Waals surface area (Å²) in [5.74, 6) is 2.56. The Morgan fingerprint density at radius 2 is 1.85 bits per heavy atom. The fourth-order valence-corrected chi connectivity index (χ4v) is 3.47. The normalized spacial score (nSPS) is 27.8. The van der Waals surface area contributed by atoms with E-state index in [1.54, 1.807) is 0 Å². The molecular weight excluding hydrogens is 244 g/mol. The first-order chi connectivity index (χ1) is 9.45. The fraction of sp³-hybridized carbons (Fsp3) is 1.00. The van der Waals surface area contributed by atoms with E-state index in [9.17, 15) is 0 Å². The number of likely N-dealkylation sites (N-methyl/N-ethyl adjacent to an activating group) is 1. The predicted molar refractivity (Wildman–Crippen MR) is 90.1 cm³/mol. The highest BCUT2D eigenvalue weighted by molar-refractivity contribution is 4.91. The van der Waals surface area contributed by atoms with E-state index in [4.69, 9.17) is 0 Å². The van der Waals surface area contributed by atoms with Crippen molar-refractivity contribution in [1.82, 2.24) is 10.2 Å². The average Bonchev–Trinajstić information content (AvgIpc) is 2.42. The van der Waals surface area contributed by atoms with Crippen LogP contribution in [0.2, 0.25) is 0 Å². The quantitative estimate of drug-likeness (QED) is 0.719. The summed E-state index contributed by atoms with van der Waals surface area (Å²) in [6, 6.07) is 1.45. The first-order valence-electron chi connectivity index (χ1n) is 8.89. The summed E-state index contributed by atoms with van der Waals surface area (Å²) in [6.07, 6.45) is 6.72. The molecular formula is C18H38N2. The van der Waals surface area contributed by atoms with E-state index in [2.05, 4.69) is 51.9 Å². The number of nitrogens with one attached hydrogen (secondary N) is 1. The molecule has 1 fully saturated rings. The second kappa shape index (κ2) is 9.04. The highest BCUT2D eigenvalue weighted by Crippen LogP contribution is 2.32. The Labute approximate surface area is 127 Å². The van der Waals surface area contributed by atoms with Crippen LogP contribution in [-0.2, 0) is 0 Å². The SMILES string of the molecule is CCCNC1CCC(C(C)C)CC1N(C)CCC(C)C. The molecule has 0 aromatic heterocycles. The van der Waals surface area contributed by atoms with Crippen LogP contribution in [0.4, 0.5) is 0 Å². The average molecular weight is 283 g/mol.